The number of thiazole rings is 1. The van der Waals surface area contributed by atoms with Gasteiger partial charge in [0.2, 0.25) is 0 Å². The van der Waals surface area contributed by atoms with Crippen molar-refractivity contribution in [2.75, 3.05) is 20.2 Å². The third-order valence-corrected chi connectivity index (χ3v) is 3.82. The summed E-state index contributed by atoms with van der Waals surface area (Å²) >= 11 is 1.72. The molecule has 1 aliphatic heterocycles. The summed E-state index contributed by atoms with van der Waals surface area (Å²) in [4.78, 5) is 4.53. The molecule has 1 aliphatic rings. The van der Waals surface area contributed by atoms with Crippen LogP contribution in [0.3, 0.4) is 0 Å². The van der Waals surface area contributed by atoms with E-state index in [1.807, 2.05) is 14.0 Å². The van der Waals surface area contributed by atoms with E-state index in [-0.39, 0.29) is 6.10 Å². The second kappa shape index (κ2) is 5.05. The second-order valence-electron chi connectivity index (χ2n) is 4.08. The van der Waals surface area contributed by atoms with E-state index in [9.17, 15) is 0 Å². The van der Waals surface area contributed by atoms with E-state index in [1.165, 1.54) is 12.8 Å². The van der Waals surface area contributed by atoms with E-state index < -0.39 is 0 Å². The van der Waals surface area contributed by atoms with Crippen molar-refractivity contribution in [3.63, 3.8) is 0 Å². The zero-order valence-corrected chi connectivity index (χ0v) is 10.1. The van der Waals surface area contributed by atoms with Crippen LogP contribution < -0.4 is 5.32 Å². The monoisotopic (exact) mass is 226 g/mol. The van der Waals surface area contributed by atoms with Gasteiger partial charge in [-0.05, 0) is 26.8 Å². The fourth-order valence-corrected chi connectivity index (χ4v) is 3.03. The van der Waals surface area contributed by atoms with E-state index in [2.05, 4.69) is 15.7 Å². The van der Waals surface area contributed by atoms with Gasteiger partial charge in [0.05, 0.1) is 0 Å². The summed E-state index contributed by atoms with van der Waals surface area (Å²) in [6, 6.07) is 0. The third-order valence-electron chi connectivity index (χ3n) is 2.79. The van der Waals surface area contributed by atoms with E-state index in [0.717, 1.165) is 23.9 Å². The van der Waals surface area contributed by atoms with Crippen LogP contribution in [0.2, 0.25) is 0 Å². The molecule has 0 aromatic carbocycles. The molecular weight excluding hydrogens is 208 g/mol. The molecule has 0 radical (unpaired) electrons. The summed E-state index contributed by atoms with van der Waals surface area (Å²) in [5, 5.41) is 6.49. The number of aromatic nitrogens is 1. The van der Waals surface area contributed by atoms with Crippen molar-refractivity contribution in [1.82, 2.24) is 10.3 Å². The first-order valence-corrected chi connectivity index (χ1v) is 6.37. The average Bonchev–Trinajstić information content (AvgIpc) is 2.66. The van der Waals surface area contributed by atoms with Crippen LogP contribution in [0.5, 0.6) is 0 Å². The van der Waals surface area contributed by atoms with Crippen LogP contribution in [0.1, 0.15) is 29.6 Å². The lowest BCUT2D eigenvalue weighted by Crippen LogP contribution is -2.30. The molecule has 4 heteroatoms. The molecule has 1 fully saturated rings. The molecule has 3 nitrogen and oxygen atoms in total. The first-order valence-electron chi connectivity index (χ1n) is 5.49. The Balaban J connectivity index is 2.10. The van der Waals surface area contributed by atoms with E-state index in [1.54, 1.807) is 11.3 Å². The van der Waals surface area contributed by atoms with Crippen molar-refractivity contribution in [2.45, 2.75) is 25.9 Å². The lowest BCUT2D eigenvalue weighted by molar-refractivity contribution is -0.0273. The van der Waals surface area contributed by atoms with Gasteiger partial charge in [0.1, 0.15) is 11.1 Å². The topological polar surface area (TPSA) is 34.1 Å². The first-order chi connectivity index (χ1) is 7.31. The van der Waals surface area contributed by atoms with Crippen molar-refractivity contribution in [3.8, 4) is 0 Å². The van der Waals surface area contributed by atoms with Gasteiger partial charge in [0.25, 0.3) is 0 Å². The highest BCUT2D eigenvalue weighted by atomic mass is 32.1. The lowest BCUT2D eigenvalue weighted by Gasteiger charge is -2.30. The molecule has 0 amide bonds. The lowest BCUT2D eigenvalue weighted by atomic mass is 9.94. The van der Waals surface area contributed by atoms with Crippen molar-refractivity contribution in [3.05, 3.63) is 16.1 Å². The standard InChI is InChI=1S/C11H18N2OS/c1-8-7-15-11(13-8)10-9(6-12-2)4-3-5-14-10/h7,9-10,12H,3-6H2,1-2H3. The Labute approximate surface area is 94.9 Å². The van der Waals surface area contributed by atoms with Crippen LogP contribution in [0.25, 0.3) is 0 Å². The van der Waals surface area contributed by atoms with Crippen LogP contribution >= 0.6 is 11.3 Å². The number of aryl methyl sites for hydroxylation is 1. The molecule has 2 rings (SSSR count). The summed E-state index contributed by atoms with van der Waals surface area (Å²) in [5.41, 5.74) is 1.10. The van der Waals surface area contributed by atoms with Gasteiger partial charge in [-0.2, -0.15) is 0 Å². The third kappa shape index (κ3) is 2.56. The highest BCUT2D eigenvalue weighted by Crippen LogP contribution is 2.34. The minimum atomic E-state index is 0.213. The van der Waals surface area contributed by atoms with Gasteiger partial charge in [0, 0.05) is 30.1 Å². The predicted octanol–water partition coefficient (Wildman–Crippen LogP) is 2.14. The maximum Gasteiger partial charge on any atom is 0.122 e. The smallest absolute Gasteiger partial charge is 0.122 e. The molecule has 15 heavy (non-hydrogen) atoms. The molecule has 0 saturated carbocycles. The second-order valence-corrected chi connectivity index (χ2v) is 4.97. The zero-order chi connectivity index (χ0) is 10.7. The van der Waals surface area contributed by atoms with Crippen LogP contribution in [0, 0.1) is 12.8 Å². The van der Waals surface area contributed by atoms with Crippen LogP contribution in [0.15, 0.2) is 5.38 Å². The molecule has 2 heterocycles. The van der Waals surface area contributed by atoms with Gasteiger partial charge in [-0.3, -0.25) is 0 Å². The number of hydrogen-bond donors (Lipinski definition) is 1. The molecule has 1 saturated heterocycles. The van der Waals surface area contributed by atoms with Gasteiger partial charge >= 0.3 is 0 Å². The number of hydrogen-bond acceptors (Lipinski definition) is 4. The number of rotatable bonds is 3. The highest BCUT2D eigenvalue weighted by molar-refractivity contribution is 7.09. The normalized spacial score (nSPS) is 26.8. The van der Waals surface area contributed by atoms with Gasteiger partial charge in [-0.15, -0.1) is 11.3 Å². The van der Waals surface area contributed by atoms with Crippen LogP contribution in [0.4, 0.5) is 0 Å². The molecule has 1 aromatic rings. The Morgan fingerprint density at radius 1 is 1.67 bits per heavy atom. The van der Waals surface area contributed by atoms with Gasteiger partial charge in [-0.25, -0.2) is 4.98 Å². The molecule has 1 N–H and O–H groups in total. The summed E-state index contributed by atoms with van der Waals surface area (Å²) in [5.74, 6) is 0.578. The average molecular weight is 226 g/mol. The number of ether oxygens (including phenoxy) is 1. The van der Waals surface area contributed by atoms with Gasteiger partial charge in [0.15, 0.2) is 0 Å². The molecule has 0 bridgehead atoms. The van der Waals surface area contributed by atoms with Gasteiger partial charge in [-0.1, -0.05) is 0 Å². The van der Waals surface area contributed by atoms with Crippen molar-refractivity contribution in [1.29, 1.82) is 0 Å². The maximum atomic E-state index is 5.85. The highest BCUT2D eigenvalue weighted by Gasteiger charge is 2.28. The van der Waals surface area contributed by atoms with Crippen molar-refractivity contribution in [2.24, 2.45) is 5.92 Å². The maximum absolute atomic E-state index is 5.85. The molecule has 2 atom stereocenters. The molecular formula is C11H18N2OS. The van der Waals surface area contributed by atoms with E-state index in [4.69, 9.17) is 4.74 Å². The quantitative estimate of drug-likeness (QED) is 0.857. The first kappa shape index (κ1) is 11.0. The molecule has 1 aromatic heterocycles. The molecule has 0 spiro atoms. The molecule has 0 aliphatic carbocycles. The summed E-state index contributed by atoms with van der Waals surface area (Å²) in [6.45, 7) is 3.93. The fraction of sp³-hybridized carbons (Fsp3) is 0.727. The fourth-order valence-electron chi connectivity index (χ4n) is 2.09. The summed E-state index contributed by atoms with van der Waals surface area (Å²) < 4.78 is 5.85. The molecule has 84 valence electrons. The van der Waals surface area contributed by atoms with E-state index >= 15 is 0 Å². The van der Waals surface area contributed by atoms with Gasteiger partial charge < -0.3 is 10.1 Å². The Hall–Kier alpha value is -0.450. The van der Waals surface area contributed by atoms with E-state index in [0.29, 0.717) is 5.92 Å². The minimum Gasteiger partial charge on any atom is -0.371 e. The zero-order valence-electron chi connectivity index (χ0n) is 9.32. The Morgan fingerprint density at radius 2 is 2.53 bits per heavy atom. The Morgan fingerprint density at radius 3 is 3.20 bits per heavy atom. The summed E-state index contributed by atoms with van der Waals surface area (Å²) in [7, 11) is 2.00. The van der Waals surface area contributed by atoms with Crippen LogP contribution in [-0.4, -0.2) is 25.2 Å². The largest absolute Gasteiger partial charge is 0.371 e. The minimum absolute atomic E-state index is 0.213. The van der Waals surface area contributed by atoms with Crippen molar-refractivity contribution >= 4 is 11.3 Å². The molecule has 2 unspecified atom stereocenters. The summed E-state index contributed by atoms with van der Waals surface area (Å²) in [6.07, 6.45) is 2.63. The SMILES string of the molecule is CNCC1CCCOC1c1nc(C)cs1. The Kier molecular flexibility index (Phi) is 3.72. The Bertz CT molecular complexity index is 311. The predicted molar refractivity (Wildman–Crippen MR) is 62.2 cm³/mol. The van der Waals surface area contributed by atoms with Crippen molar-refractivity contribution < 1.29 is 4.74 Å². The number of nitrogens with zero attached hydrogens (tertiary/aromatic N) is 1. The number of nitrogens with one attached hydrogen (secondary N) is 1. The van der Waals surface area contributed by atoms with Crippen LogP contribution in [-0.2, 0) is 4.74 Å².